The first-order valence-corrected chi connectivity index (χ1v) is 9.77. The predicted octanol–water partition coefficient (Wildman–Crippen LogP) is 3.04. The molecule has 0 aliphatic carbocycles. The van der Waals surface area contributed by atoms with Crippen LogP contribution >= 0.6 is 23.5 Å². The van der Waals surface area contributed by atoms with E-state index in [0.29, 0.717) is 4.58 Å². The van der Waals surface area contributed by atoms with Crippen LogP contribution in [0.15, 0.2) is 24.3 Å². The van der Waals surface area contributed by atoms with Crippen LogP contribution in [0.1, 0.15) is 39.8 Å². The minimum atomic E-state index is 0.0548. The predicted molar refractivity (Wildman–Crippen MR) is 92.1 cm³/mol. The van der Waals surface area contributed by atoms with Crippen LogP contribution in [0.3, 0.4) is 0 Å². The van der Waals surface area contributed by atoms with E-state index >= 15 is 0 Å². The van der Waals surface area contributed by atoms with E-state index in [-0.39, 0.29) is 11.9 Å². The Bertz CT molecular complexity index is 466. The molecule has 1 unspecified atom stereocenters. The third-order valence-electron chi connectivity index (χ3n) is 3.90. The summed E-state index contributed by atoms with van der Waals surface area (Å²) in [6.45, 7) is 1.96. The summed E-state index contributed by atoms with van der Waals surface area (Å²) in [5.41, 5.74) is 2.11. The molecule has 0 aromatic heterocycles. The van der Waals surface area contributed by atoms with Gasteiger partial charge < -0.3 is 10.6 Å². The van der Waals surface area contributed by atoms with E-state index in [1.165, 1.54) is 23.5 Å². The zero-order chi connectivity index (χ0) is 14.5. The van der Waals surface area contributed by atoms with Gasteiger partial charge in [0, 0.05) is 18.2 Å². The molecule has 0 radical (unpaired) electrons. The Morgan fingerprint density at radius 3 is 2.57 bits per heavy atom. The van der Waals surface area contributed by atoms with Crippen molar-refractivity contribution in [3.05, 3.63) is 35.4 Å². The molecule has 0 bridgehead atoms. The largest absolute Gasteiger partial charge is 0.348 e. The van der Waals surface area contributed by atoms with E-state index in [9.17, 15) is 4.79 Å². The lowest BCUT2D eigenvalue weighted by Gasteiger charge is -2.24. The fourth-order valence-electron chi connectivity index (χ4n) is 2.72. The zero-order valence-corrected chi connectivity index (χ0v) is 13.8. The number of carbonyl (C=O) groups excluding carboxylic acids is 1. The van der Waals surface area contributed by atoms with Gasteiger partial charge in [0.2, 0.25) is 0 Å². The number of hydrogen-bond donors (Lipinski definition) is 2. The third-order valence-corrected chi connectivity index (χ3v) is 6.92. The number of hydrogen-bond acceptors (Lipinski definition) is 4. The van der Waals surface area contributed by atoms with Crippen molar-refractivity contribution in [2.24, 2.45) is 0 Å². The first-order chi connectivity index (χ1) is 10.3. The van der Waals surface area contributed by atoms with E-state index in [2.05, 4.69) is 22.8 Å². The summed E-state index contributed by atoms with van der Waals surface area (Å²) in [6.07, 6.45) is 3.52. The Morgan fingerprint density at radius 2 is 1.90 bits per heavy atom. The molecule has 2 aliphatic rings. The summed E-state index contributed by atoms with van der Waals surface area (Å²) < 4.78 is 0.540. The van der Waals surface area contributed by atoms with E-state index in [1.807, 2.05) is 35.7 Å². The first-order valence-electron chi connectivity index (χ1n) is 7.68. The van der Waals surface area contributed by atoms with Crippen LogP contribution in [0.2, 0.25) is 0 Å². The monoisotopic (exact) mass is 322 g/mol. The van der Waals surface area contributed by atoms with Gasteiger partial charge in [-0.15, -0.1) is 23.5 Å². The molecule has 1 aromatic rings. The minimum absolute atomic E-state index is 0.0548. The van der Waals surface area contributed by atoms with Gasteiger partial charge in [-0.1, -0.05) is 12.1 Å². The molecule has 2 heterocycles. The summed E-state index contributed by atoms with van der Waals surface area (Å²) in [5.74, 6) is 2.54. The number of rotatable bonds is 3. The number of piperidine rings is 1. The Hall–Kier alpha value is -0.650. The van der Waals surface area contributed by atoms with Gasteiger partial charge in [-0.05, 0) is 55.0 Å². The highest BCUT2D eigenvalue weighted by Gasteiger charge is 2.18. The minimum Gasteiger partial charge on any atom is -0.348 e. The molecule has 21 heavy (non-hydrogen) atoms. The quantitative estimate of drug-likeness (QED) is 0.897. The lowest BCUT2D eigenvalue weighted by atomic mass is 10.1. The van der Waals surface area contributed by atoms with E-state index in [4.69, 9.17) is 0 Å². The van der Waals surface area contributed by atoms with Crippen molar-refractivity contribution in [1.82, 2.24) is 10.6 Å². The maximum absolute atomic E-state index is 12.3. The van der Waals surface area contributed by atoms with Crippen LogP contribution in [-0.2, 0) is 0 Å². The number of amides is 1. The van der Waals surface area contributed by atoms with Crippen molar-refractivity contribution >= 4 is 29.4 Å². The number of thioether (sulfide) groups is 2. The molecule has 2 aliphatic heterocycles. The van der Waals surface area contributed by atoms with E-state index in [1.54, 1.807) is 0 Å². The lowest BCUT2D eigenvalue weighted by molar-refractivity contribution is 0.0930. The van der Waals surface area contributed by atoms with Gasteiger partial charge in [0.25, 0.3) is 5.91 Å². The van der Waals surface area contributed by atoms with Gasteiger partial charge in [-0.25, -0.2) is 0 Å². The van der Waals surface area contributed by atoms with E-state index in [0.717, 1.165) is 31.5 Å². The second-order valence-corrected chi connectivity index (χ2v) is 8.29. The molecule has 5 heteroatoms. The van der Waals surface area contributed by atoms with Crippen molar-refractivity contribution < 1.29 is 4.79 Å². The smallest absolute Gasteiger partial charge is 0.251 e. The topological polar surface area (TPSA) is 41.1 Å². The second-order valence-electron chi connectivity index (χ2n) is 5.57. The molecular weight excluding hydrogens is 300 g/mol. The second kappa shape index (κ2) is 7.56. The lowest BCUT2D eigenvalue weighted by Crippen LogP contribution is -2.45. The molecular formula is C16H22N2OS2. The molecule has 114 valence electrons. The van der Waals surface area contributed by atoms with Gasteiger partial charge in [0.05, 0.1) is 4.58 Å². The molecule has 1 aromatic carbocycles. The van der Waals surface area contributed by atoms with Crippen LogP contribution in [0, 0.1) is 0 Å². The van der Waals surface area contributed by atoms with Gasteiger partial charge in [0.1, 0.15) is 0 Å². The maximum Gasteiger partial charge on any atom is 0.251 e. The maximum atomic E-state index is 12.3. The molecule has 2 fully saturated rings. The van der Waals surface area contributed by atoms with Crippen LogP contribution in [0.4, 0.5) is 0 Å². The van der Waals surface area contributed by atoms with Crippen molar-refractivity contribution in [3.63, 3.8) is 0 Å². The molecule has 1 amide bonds. The van der Waals surface area contributed by atoms with Gasteiger partial charge in [-0.2, -0.15) is 0 Å². The average Bonchev–Trinajstić information content (AvgIpc) is 2.57. The summed E-state index contributed by atoms with van der Waals surface area (Å²) in [5, 5.41) is 6.45. The van der Waals surface area contributed by atoms with Crippen LogP contribution < -0.4 is 10.6 Å². The molecule has 2 saturated heterocycles. The normalized spacial score (nSPS) is 23.7. The highest BCUT2D eigenvalue weighted by atomic mass is 32.2. The molecule has 0 saturated carbocycles. The average molecular weight is 322 g/mol. The highest BCUT2D eigenvalue weighted by molar-refractivity contribution is 8.16. The third kappa shape index (κ3) is 4.18. The highest BCUT2D eigenvalue weighted by Crippen LogP contribution is 2.43. The van der Waals surface area contributed by atoms with Crippen molar-refractivity contribution in [1.29, 1.82) is 0 Å². The fourth-order valence-corrected chi connectivity index (χ4v) is 5.61. The zero-order valence-electron chi connectivity index (χ0n) is 12.1. The molecule has 3 nitrogen and oxygen atoms in total. The van der Waals surface area contributed by atoms with Crippen LogP contribution in [0.25, 0.3) is 0 Å². The molecule has 3 rings (SSSR count). The van der Waals surface area contributed by atoms with Gasteiger partial charge >= 0.3 is 0 Å². The molecule has 0 spiro atoms. The molecule has 2 N–H and O–H groups in total. The molecule has 1 atom stereocenters. The standard InChI is InChI=1S/C16H22N2OS2/c19-15(18-14-3-1-8-17-11-14)12-4-6-13(7-5-12)16-20-9-2-10-21-16/h4-7,14,16-17H,1-3,8-11H2,(H,18,19). The SMILES string of the molecule is O=C(NC1CCCNC1)c1ccc(C2SCCCS2)cc1. The van der Waals surface area contributed by atoms with Crippen LogP contribution in [0.5, 0.6) is 0 Å². The summed E-state index contributed by atoms with van der Waals surface area (Å²) in [6, 6.07) is 8.44. The van der Waals surface area contributed by atoms with Crippen LogP contribution in [-0.4, -0.2) is 36.5 Å². The Kier molecular flexibility index (Phi) is 5.49. The Labute approximate surface area is 135 Å². The van der Waals surface area contributed by atoms with Crippen molar-refractivity contribution in [2.75, 3.05) is 24.6 Å². The Morgan fingerprint density at radius 1 is 1.14 bits per heavy atom. The number of nitrogens with one attached hydrogen (secondary N) is 2. The van der Waals surface area contributed by atoms with Crippen molar-refractivity contribution in [3.8, 4) is 0 Å². The summed E-state index contributed by atoms with van der Waals surface area (Å²) >= 11 is 4.03. The summed E-state index contributed by atoms with van der Waals surface area (Å²) in [7, 11) is 0. The van der Waals surface area contributed by atoms with E-state index < -0.39 is 0 Å². The first kappa shape index (κ1) is 15.3. The van der Waals surface area contributed by atoms with Gasteiger partial charge in [-0.3, -0.25) is 4.79 Å². The Balaban J connectivity index is 1.58. The fraction of sp³-hybridized carbons (Fsp3) is 0.562. The summed E-state index contributed by atoms with van der Waals surface area (Å²) in [4.78, 5) is 12.3. The van der Waals surface area contributed by atoms with Crippen molar-refractivity contribution in [2.45, 2.75) is 29.9 Å². The number of benzene rings is 1. The van der Waals surface area contributed by atoms with Gasteiger partial charge in [0.15, 0.2) is 0 Å². The number of carbonyl (C=O) groups is 1.